The van der Waals surface area contributed by atoms with Crippen molar-refractivity contribution in [2.24, 2.45) is 0 Å². The Morgan fingerprint density at radius 2 is 1.86 bits per heavy atom. The molecule has 0 aromatic heterocycles. The Balaban J connectivity index is 1.90. The van der Waals surface area contributed by atoms with Gasteiger partial charge in [0, 0.05) is 27.8 Å². The molecular formula is C18H20N2S. The topological polar surface area (TPSA) is 35.8 Å². The summed E-state index contributed by atoms with van der Waals surface area (Å²) in [6, 6.07) is 14.4. The molecule has 2 aromatic carbocycles. The van der Waals surface area contributed by atoms with E-state index < -0.39 is 0 Å². The van der Waals surface area contributed by atoms with Gasteiger partial charge in [-0.05, 0) is 31.2 Å². The van der Waals surface area contributed by atoms with Crippen LogP contribution in [0.4, 0.5) is 5.69 Å². The number of nitrogens with zero attached hydrogens (tertiary/aromatic N) is 1. The van der Waals surface area contributed by atoms with Crippen molar-refractivity contribution in [1.29, 1.82) is 5.26 Å². The van der Waals surface area contributed by atoms with Crippen LogP contribution in [0.15, 0.2) is 36.4 Å². The van der Waals surface area contributed by atoms with Crippen molar-refractivity contribution >= 4 is 28.2 Å². The second-order valence-electron chi connectivity index (χ2n) is 5.77. The third-order valence-corrected chi connectivity index (χ3v) is 6.01. The molecule has 1 saturated carbocycles. The van der Waals surface area contributed by atoms with Crippen LogP contribution < -0.4 is 5.32 Å². The molecule has 0 amide bonds. The lowest BCUT2D eigenvalue weighted by molar-refractivity contribution is 0.640. The molecule has 21 heavy (non-hydrogen) atoms. The number of anilines is 1. The lowest BCUT2D eigenvalue weighted by Crippen LogP contribution is -2.30. The standard InChI is InChI=1S/C18H20N2S/c1-21-18(10-4-5-11-18)13-20-17-9-8-14(12-19)15-6-2-3-7-16(15)17/h2-3,6-9,20H,4-5,10-11,13H2,1H3. The van der Waals surface area contributed by atoms with E-state index in [1.807, 2.05) is 42.1 Å². The Morgan fingerprint density at radius 3 is 2.52 bits per heavy atom. The smallest absolute Gasteiger partial charge is 0.0998 e. The van der Waals surface area contributed by atoms with E-state index in [1.54, 1.807) is 0 Å². The lowest BCUT2D eigenvalue weighted by Gasteiger charge is -2.28. The number of thioether (sulfide) groups is 1. The van der Waals surface area contributed by atoms with Crippen molar-refractivity contribution < 1.29 is 0 Å². The van der Waals surface area contributed by atoms with E-state index in [-0.39, 0.29) is 0 Å². The van der Waals surface area contributed by atoms with E-state index in [0.29, 0.717) is 4.75 Å². The van der Waals surface area contributed by atoms with Crippen LogP contribution in [0.3, 0.4) is 0 Å². The zero-order valence-electron chi connectivity index (χ0n) is 12.4. The van der Waals surface area contributed by atoms with Gasteiger partial charge in [-0.2, -0.15) is 17.0 Å². The highest BCUT2D eigenvalue weighted by Gasteiger charge is 2.32. The van der Waals surface area contributed by atoms with Crippen LogP contribution in [-0.4, -0.2) is 17.5 Å². The fraction of sp³-hybridized carbons (Fsp3) is 0.389. The number of hydrogen-bond donors (Lipinski definition) is 1. The first-order chi connectivity index (χ1) is 10.3. The number of rotatable bonds is 4. The van der Waals surface area contributed by atoms with Crippen LogP contribution in [0.2, 0.25) is 0 Å². The summed E-state index contributed by atoms with van der Waals surface area (Å²) in [6.45, 7) is 1.00. The van der Waals surface area contributed by atoms with Crippen molar-refractivity contribution in [2.45, 2.75) is 30.4 Å². The molecule has 0 spiro atoms. The fourth-order valence-corrected chi connectivity index (χ4v) is 4.19. The molecule has 0 unspecified atom stereocenters. The van der Waals surface area contributed by atoms with E-state index in [4.69, 9.17) is 0 Å². The van der Waals surface area contributed by atoms with Crippen molar-refractivity contribution in [1.82, 2.24) is 0 Å². The quantitative estimate of drug-likeness (QED) is 0.880. The second kappa shape index (κ2) is 5.99. The van der Waals surface area contributed by atoms with Crippen LogP contribution >= 0.6 is 11.8 Å². The summed E-state index contributed by atoms with van der Waals surface area (Å²) in [4.78, 5) is 0. The first-order valence-electron chi connectivity index (χ1n) is 7.49. The zero-order valence-corrected chi connectivity index (χ0v) is 13.2. The van der Waals surface area contributed by atoms with Gasteiger partial charge < -0.3 is 5.32 Å². The van der Waals surface area contributed by atoms with Crippen molar-refractivity contribution in [2.75, 3.05) is 18.1 Å². The average molecular weight is 296 g/mol. The molecule has 1 aliphatic rings. The molecule has 1 N–H and O–H groups in total. The highest BCUT2D eigenvalue weighted by Crippen LogP contribution is 2.40. The molecule has 0 atom stereocenters. The summed E-state index contributed by atoms with van der Waals surface area (Å²) in [5.41, 5.74) is 1.89. The van der Waals surface area contributed by atoms with Gasteiger partial charge >= 0.3 is 0 Å². The second-order valence-corrected chi connectivity index (χ2v) is 7.04. The average Bonchev–Trinajstić information content (AvgIpc) is 3.02. The Bertz CT molecular complexity index is 681. The first kappa shape index (κ1) is 14.3. The minimum absolute atomic E-state index is 0.384. The molecule has 1 aliphatic carbocycles. The fourth-order valence-electron chi connectivity index (χ4n) is 3.28. The van der Waals surface area contributed by atoms with Crippen LogP contribution in [0, 0.1) is 11.3 Å². The van der Waals surface area contributed by atoms with Crippen LogP contribution in [0.1, 0.15) is 31.2 Å². The summed E-state index contributed by atoms with van der Waals surface area (Å²) in [7, 11) is 0. The summed E-state index contributed by atoms with van der Waals surface area (Å²) in [5, 5.41) is 15.1. The third-order valence-electron chi connectivity index (χ3n) is 4.59. The molecule has 0 heterocycles. The maximum absolute atomic E-state index is 9.23. The van der Waals surface area contributed by atoms with E-state index in [0.717, 1.165) is 28.6 Å². The van der Waals surface area contributed by atoms with Gasteiger partial charge in [0.1, 0.15) is 0 Å². The lowest BCUT2D eigenvalue weighted by atomic mass is 10.0. The zero-order chi connectivity index (χ0) is 14.7. The molecule has 3 rings (SSSR count). The van der Waals surface area contributed by atoms with E-state index in [1.165, 1.54) is 25.7 Å². The predicted octanol–water partition coefficient (Wildman–Crippen LogP) is 4.80. The molecule has 2 aromatic rings. The number of nitrogens with one attached hydrogen (secondary N) is 1. The Labute approximate surface area is 130 Å². The van der Waals surface area contributed by atoms with E-state index in [9.17, 15) is 5.26 Å². The number of hydrogen-bond acceptors (Lipinski definition) is 3. The minimum atomic E-state index is 0.384. The van der Waals surface area contributed by atoms with E-state index >= 15 is 0 Å². The molecule has 3 heteroatoms. The molecule has 0 aliphatic heterocycles. The van der Waals surface area contributed by atoms with Gasteiger partial charge in [-0.15, -0.1) is 0 Å². The Morgan fingerprint density at radius 1 is 1.14 bits per heavy atom. The van der Waals surface area contributed by atoms with Crippen LogP contribution in [0.25, 0.3) is 10.8 Å². The molecule has 0 radical (unpaired) electrons. The highest BCUT2D eigenvalue weighted by molar-refractivity contribution is 8.00. The molecule has 108 valence electrons. The summed E-state index contributed by atoms with van der Waals surface area (Å²) in [5.74, 6) is 0. The normalized spacial score (nSPS) is 16.8. The maximum atomic E-state index is 9.23. The van der Waals surface area contributed by atoms with Gasteiger partial charge in [-0.1, -0.05) is 37.1 Å². The summed E-state index contributed by atoms with van der Waals surface area (Å²) < 4.78 is 0.384. The number of benzene rings is 2. The van der Waals surface area contributed by atoms with Gasteiger partial charge in [0.2, 0.25) is 0 Å². The van der Waals surface area contributed by atoms with Crippen molar-refractivity contribution in [3.63, 3.8) is 0 Å². The molecule has 0 saturated heterocycles. The molecule has 0 bridgehead atoms. The van der Waals surface area contributed by atoms with Gasteiger partial charge in [0.25, 0.3) is 0 Å². The summed E-state index contributed by atoms with van der Waals surface area (Å²) in [6.07, 6.45) is 7.52. The Hall–Kier alpha value is -1.66. The van der Waals surface area contributed by atoms with Crippen molar-refractivity contribution in [3.05, 3.63) is 42.0 Å². The van der Waals surface area contributed by atoms with Crippen LogP contribution in [-0.2, 0) is 0 Å². The maximum Gasteiger partial charge on any atom is 0.0998 e. The first-order valence-corrected chi connectivity index (χ1v) is 8.71. The third kappa shape index (κ3) is 2.73. The predicted molar refractivity (Wildman–Crippen MR) is 91.9 cm³/mol. The highest BCUT2D eigenvalue weighted by atomic mass is 32.2. The van der Waals surface area contributed by atoms with Gasteiger partial charge in [0.05, 0.1) is 11.6 Å². The van der Waals surface area contributed by atoms with E-state index in [2.05, 4.69) is 23.7 Å². The van der Waals surface area contributed by atoms with Gasteiger partial charge in [-0.3, -0.25) is 0 Å². The van der Waals surface area contributed by atoms with Crippen LogP contribution in [0.5, 0.6) is 0 Å². The SMILES string of the molecule is CSC1(CNc2ccc(C#N)c3ccccc23)CCCC1. The van der Waals surface area contributed by atoms with Crippen molar-refractivity contribution in [3.8, 4) is 6.07 Å². The molecule has 2 nitrogen and oxygen atoms in total. The van der Waals surface area contributed by atoms with Gasteiger partial charge in [-0.25, -0.2) is 0 Å². The summed E-state index contributed by atoms with van der Waals surface area (Å²) >= 11 is 2.00. The van der Waals surface area contributed by atoms with Gasteiger partial charge in [0.15, 0.2) is 0 Å². The number of fused-ring (bicyclic) bond motifs is 1. The minimum Gasteiger partial charge on any atom is -0.383 e. The molecule has 1 fully saturated rings. The molecular weight excluding hydrogens is 276 g/mol. The largest absolute Gasteiger partial charge is 0.383 e. The monoisotopic (exact) mass is 296 g/mol. The number of nitriles is 1. The Kier molecular flexibility index (Phi) is 4.07.